The van der Waals surface area contributed by atoms with Crippen LogP contribution in [0.2, 0.25) is 5.02 Å². The molecule has 3 nitrogen and oxygen atoms in total. The number of ether oxygens (including phenoxy) is 2. The third-order valence-electron chi connectivity index (χ3n) is 2.44. The van der Waals surface area contributed by atoms with E-state index in [9.17, 15) is 4.39 Å². The molecule has 0 aliphatic rings. The maximum absolute atomic E-state index is 13.5. The van der Waals surface area contributed by atoms with E-state index in [0.717, 1.165) is 0 Å². The molecule has 5 heteroatoms. The molecular weight excluding hydrogens is 245 g/mol. The molecule has 0 amide bonds. The van der Waals surface area contributed by atoms with E-state index in [2.05, 4.69) is 0 Å². The van der Waals surface area contributed by atoms with Crippen molar-refractivity contribution in [2.75, 3.05) is 14.2 Å². The van der Waals surface area contributed by atoms with Crippen molar-refractivity contribution in [1.82, 2.24) is 0 Å². The summed E-state index contributed by atoms with van der Waals surface area (Å²) in [4.78, 5) is 0. The van der Waals surface area contributed by atoms with Crippen molar-refractivity contribution in [1.29, 1.82) is 5.26 Å². The number of rotatable bonds is 5. The molecular formula is C12H13ClFNO2. The molecule has 1 rings (SSSR count). The number of hydrogen-bond acceptors (Lipinski definition) is 3. The van der Waals surface area contributed by atoms with Gasteiger partial charge in [0.15, 0.2) is 6.29 Å². The highest BCUT2D eigenvalue weighted by atomic mass is 35.5. The van der Waals surface area contributed by atoms with Crippen LogP contribution in [0.15, 0.2) is 18.2 Å². The predicted molar refractivity (Wildman–Crippen MR) is 62.0 cm³/mol. The molecule has 0 bridgehead atoms. The minimum atomic E-state index is -0.698. The van der Waals surface area contributed by atoms with Crippen molar-refractivity contribution < 1.29 is 13.9 Å². The third kappa shape index (κ3) is 3.40. The summed E-state index contributed by atoms with van der Waals surface area (Å²) in [6, 6.07) is 6.45. The Morgan fingerprint density at radius 2 is 2.06 bits per heavy atom. The zero-order chi connectivity index (χ0) is 12.8. The van der Waals surface area contributed by atoms with Gasteiger partial charge in [-0.1, -0.05) is 17.7 Å². The lowest BCUT2D eigenvalue weighted by molar-refractivity contribution is -0.124. The van der Waals surface area contributed by atoms with Gasteiger partial charge in [0.2, 0.25) is 0 Å². The first kappa shape index (κ1) is 13.9. The van der Waals surface area contributed by atoms with Gasteiger partial charge >= 0.3 is 0 Å². The lowest BCUT2D eigenvalue weighted by atomic mass is 9.99. The molecule has 0 aromatic heterocycles. The average Bonchev–Trinajstić information content (AvgIpc) is 2.33. The molecule has 1 unspecified atom stereocenters. The fourth-order valence-corrected chi connectivity index (χ4v) is 1.81. The number of halogens is 2. The minimum absolute atomic E-state index is 0.147. The number of benzene rings is 1. The Morgan fingerprint density at radius 1 is 1.41 bits per heavy atom. The third-order valence-corrected chi connectivity index (χ3v) is 2.80. The molecule has 0 N–H and O–H groups in total. The van der Waals surface area contributed by atoms with Crippen LogP contribution in [-0.4, -0.2) is 20.5 Å². The van der Waals surface area contributed by atoms with Crippen molar-refractivity contribution in [3.05, 3.63) is 34.6 Å². The molecule has 0 fully saturated rings. The summed E-state index contributed by atoms with van der Waals surface area (Å²) < 4.78 is 23.5. The first-order valence-corrected chi connectivity index (χ1v) is 5.40. The van der Waals surface area contributed by atoms with Gasteiger partial charge in [-0.2, -0.15) is 5.26 Å². The Balaban J connectivity index is 2.92. The zero-order valence-corrected chi connectivity index (χ0v) is 10.4. The quantitative estimate of drug-likeness (QED) is 0.762. The second-order valence-electron chi connectivity index (χ2n) is 3.48. The fourth-order valence-electron chi connectivity index (χ4n) is 1.57. The Labute approximate surface area is 105 Å². The van der Waals surface area contributed by atoms with Crippen molar-refractivity contribution in [2.24, 2.45) is 5.92 Å². The molecule has 0 saturated heterocycles. The van der Waals surface area contributed by atoms with Gasteiger partial charge in [-0.25, -0.2) is 4.39 Å². The first-order valence-electron chi connectivity index (χ1n) is 5.02. The van der Waals surface area contributed by atoms with E-state index in [1.165, 1.54) is 26.4 Å². The Bertz CT molecular complexity index is 395. The normalized spacial score (nSPS) is 12.5. The average molecular weight is 258 g/mol. The van der Waals surface area contributed by atoms with E-state index < -0.39 is 18.0 Å². The molecule has 0 heterocycles. The highest BCUT2D eigenvalue weighted by Crippen LogP contribution is 2.24. The highest BCUT2D eigenvalue weighted by Gasteiger charge is 2.23. The molecule has 0 spiro atoms. The molecule has 0 saturated carbocycles. The molecule has 1 atom stereocenters. The van der Waals surface area contributed by atoms with E-state index in [1.54, 1.807) is 6.07 Å². The Kier molecular flexibility index (Phi) is 5.36. The molecule has 0 aliphatic heterocycles. The van der Waals surface area contributed by atoms with Gasteiger partial charge in [-0.3, -0.25) is 0 Å². The standard InChI is InChI=1S/C12H13ClFNO2/c1-16-12(17-2)8(7-15)6-9-10(13)4-3-5-11(9)14/h3-5,8,12H,6H2,1-2H3. The van der Waals surface area contributed by atoms with Crippen LogP contribution >= 0.6 is 11.6 Å². The van der Waals surface area contributed by atoms with Crippen LogP contribution in [0, 0.1) is 23.1 Å². The summed E-state index contributed by atoms with van der Waals surface area (Å²) in [5, 5.41) is 9.33. The van der Waals surface area contributed by atoms with Crippen molar-refractivity contribution in [3.63, 3.8) is 0 Å². The van der Waals surface area contributed by atoms with Gasteiger partial charge in [0, 0.05) is 24.8 Å². The molecule has 1 aromatic carbocycles. The van der Waals surface area contributed by atoms with Gasteiger partial charge < -0.3 is 9.47 Å². The van der Waals surface area contributed by atoms with Gasteiger partial charge in [0.05, 0.1) is 6.07 Å². The van der Waals surface area contributed by atoms with Crippen LogP contribution in [0.5, 0.6) is 0 Å². The van der Waals surface area contributed by atoms with Crippen molar-refractivity contribution in [3.8, 4) is 6.07 Å². The fraction of sp³-hybridized carbons (Fsp3) is 0.417. The van der Waals surface area contributed by atoms with Gasteiger partial charge in [0.25, 0.3) is 0 Å². The summed E-state index contributed by atoms with van der Waals surface area (Å²) in [7, 11) is 2.86. The highest BCUT2D eigenvalue weighted by molar-refractivity contribution is 6.31. The summed E-state index contributed by atoms with van der Waals surface area (Å²) in [6.07, 6.45) is -0.551. The number of methoxy groups -OCH3 is 2. The van der Waals surface area contributed by atoms with Crippen LogP contribution in [0.1, 0.15) is 5.56 Å². The van der Waals surface area contributed by atoms with Gasteiger partial charge in [-0.15, -0.1) is 0 Å². The van der Waals surface area contributed by atoms with Gasteiger partial charge in [0.1, 0.15) is 11.7 Å². The molecule has 0 radical (unpaired) electrons. The molecule has 17 heavy (non-hydrogen) atoms. The zero-order valence-electron chi connectivity index (χ0n) is 9.61. The van der Waals surface area contributed by atoms with E-state index in [1.807, 2.05) is 6.07 Å². The van der Waals surface area contributed by atoms with Crippen molar-refractivity contribution in [2.45, 2.75) is 12.7 Å². The largest absolute Gasteiger partial charge is 0.354 e. The number of nitriles is 1. The summed E-state index contributed by atoms with van der Waals surface area (Å²) >= 11 is 5.89. The lowest BCUT2D eigenvalue weighted by Crippen LogP contribution is -2.25. The molecule has 1 aromatic rings. The van der Waals surface area contributed by atoms with Crippen molar-refractivity contribution >= 4 is 11.6 Å². The number of nitrogens with zero attached hydrogens (tertiary/aromatic N) is 1. The topological polar surface area (TPSA) is 42.2 Å². The molecule has 0 aliphatic carbocycles. The maximum Gasteiger partial charge on any atom is 0.172 e. The first-order chi connectivity index (χ1) is 8.13. The molecule has 92 valence electrons. The van der Waals surface area contributed by atoms with Crippen LogP contribution in [0.3, 0.4) is 0 Å². The van der Waals surface area contributed by atoms with Crippen LogP contribution < -0.4 is 0 Å². The number of hydrogen-bond donors (Lipinski definition) is 0. The lowest BCUT2D eigenvalue weighted by Gasteiger charge is -2.19. The van der Waals surface area contributed by atoms with E-state index >= 15 is 0 Å². The SMILES string of the molecule is COC(OC)C(C#N)Cc1c(F)cccc1Cl. The predicted octanol–water partition coefficient (Wildman–Crippen LogP) is 2.78. The minimum Gasteiger partial charge on any atom is -0.354 e. The maximum atomic E-state index is 13.5. The van der Waals surface area contributed by atoms with E-state index in [0.29, 0.717) is 10.6 Å². The van der Waals surface area contributed by atoms with Crippen LogP contribution in [-0.2, 0) is 15.9 Å². The van der Waals surface area contributed by atoms with Crippen LogP contribution in [0.25, 0.3) is 0 Å². The Hall–Kier alpha value is -1.15. The van der Waals surface area contributed by atoms with E-state index in [-0.39, 0.29) is 6.42 Å². The summed E-state index contributed by atoms with van der Waals surface area (Å²) in [5.41, 5.74) is 0.305. The Morgan fingerprint density at radius 3 is 2.53 bits per heavy atom. The van der Waals surface area contributed by atoms with E-state index in [4.69, 9.17) is 26.3 Å². The monoisotopic (exact) mass is 257 g/mol. The summed E-state index contributed by atoms with van der Waals surface area (Å²) in [5.74, 6) is -1.04. The second-order valence-corrected chi connectivity index (χ2v) is 3.89. The van der Waals surface area contributed by atoms with Gasteiger partial charge in [-0.05, 0) is 18.6 Å². The second kappa shape index (κ2) is 6.55. The van der Waals surface area contributed by atoms with Crippen LogP contribution in [0.4, 0.5) is 4.39 Å². The smallest absolute Gasteiger partial charge is 0.172 e. The summed E-state index contributed by atoms with van der Waals surface area (Å²) in [6.45, 7) is 0.